The number of carbonyl (C=O) groups excluding carboxylic acids is 1. The highest BCUT2D eigenvalue weighted by atomic mass is 16.5. The van der Waals surface area contributed by atoms with E-state index in [2.05, 4.69) is 30.2 Å². The van der Waals surface area contributed by atoms with Crippen molar-refractivity contribution in [3.63, 3.8) is 0 Å². The first-order valence-electron chi connectivity index (χ1n) is 9.31. The molecule has 0 bridgehead atoms. The number of nitrogens with one attached hydrogen (secondary N) is 1. The summed E-state index contributed by atoms with van der Waals surface area (Å²) in [4.78, 5) is 43.6. The summed E-state index contributed by atoms with van der Waals surface area (Å²) in [5, 5.41) is 2.74. The van der Waals surface area contributed by atoms with Gasteiger partial charge in [0.15, 0.2) is 5.82 Å². The summed E-state index contributed by atoms with van der Waals surface area (Å²) < 4.78 is 6.46. The van der Waals surface area contributed by atoms with Gasteiger partial charge >= 0.3 is 6.01 Å². The molecular formula is C18H25N7O3. The number of piperidine rings is 1. The maximum absolute atomic E-state index is 12.3. The van der Waals surface area contributed by atoms with Crippen LogP contribution in [-0.4, -0.2) is 50.6 Å². The van der Waals surface area contributed by atoms with Gasteiger partial charge in [0.2, 0.25) is 11.9 Å². The molecule has 0 aliphatic carbocycles. The third-order valence-corrected chi connectivity index (χ3v) is 4.74. The van der Waals surface area contributed by atoms with Crippen molar-refractivity contribution in [2.45, 2.75) is 46.2 Å². The van der Waals surface area contributed by atoms with E-state index >= 15 is 0 Å². The van der Waals surface area contributed by atoms with E-state index in [9.17, 15) is 9.59 Å². The molecule has 3 rings (SSSR count). The molecule has 28 heavy (non-hydrogen) atoms. The molecule has 0 aromatic carbocycles. The summed E-state index contributed by atoms with van der Waals surface area (Å²) in [6.45, 7) is 5.23. The average molecular weight is 387 g/mol. The van der Waals surface area contributed by atoms with Crippen LogP contribution >= 0.6 is 0 Å². The Kier molecular flexibility index (Phi) is 6.17. The molecule has 1 N–H and O–H groups in total. The van der Waals surface area contributed by atoms with Gasteiger partial charge in [0.1, 0.15) is 6.54 Å². The van der Waals surface area contributed by atoms with Crippen molar-refractivity contribution in [1.29, 1.82) is 0 Å². The van der Waals surface area contributed by atoms with Crippen molar-refractivity contribution in [1.82, 2.24) is 29.8 Å². The first-order chi connectivity index (χ1) is 13.5. The monoisotopic (exact) mass is 387 g/mol. The lowest BCUT2D eigenvalue weighted by Gasteiger charge is -2.26. The number of methoxy groups -OCH3 is 1. The Bertz CT molecular complexity index is 907. The van der Waals surface area contributed by atoms with Crippen molar-refractivity contribution >= 4 is 11.9 Å². The Hall–Kier alpha value is -3.04. The largest absolute Gasteiger partial charge is 0.467 e. The Labute approximate surface area is 163 Å². The summed E-state index contributed by atoms with van der Waals surface area (Å²) >= 11 is 0. The minimum atomic E-state index is -0.328. The van der Waals surface area contributed by atoms with Gasteiger partial charge in [0.25, 0.3) is 5.56 Å². The highest BCUT2D eigenvalue weighted by Gasteiger charge is 2.17. The maximum atomic E-state index is 12.3. The predicted octanol–water partition coefficient (Wildman–Crippen LogP) is 0.360. The van der Waals surface area contributed by atoms with Crippen molar-refractivity contribution < 1.29 is 9.53 Å². The Morgan fingerprint density at radius 3 is 2.64 bits per heavy atom. The number of hydrogen-bond donors (Lipinski definition) is 1. The molecule has 1 aliphatic rings. The minimum absolute atomic E-state index is 0.117. The fourth-order valence-corrected chi connectivity index (χ4v) is 2.97. The number of aromatic nitrogens is 5. The van der Waals surface area contributed by atoms with E-state index in [-0.39, 0.29) is 30.6 Å². The lowest BCUT2D eigenvalue weighted by molar-refractivity contribution is -0.121. The zero-order valence-corrected chi connectivity index (χ0v) is 16.4. The summed E-state index contributed by atoms with van der Waals surface area (Å²) in [6, 6.07) is 0.217. The standard InChI is InChI=1S/C18H25N7O3/c1-12-13(2)20-11-25(16(12)27)10-15(26)19-9-14-21-17(23-18(22-14)28-3)24-7-5-4-6-8-24/h11H,4-10H2,1-3H3,(H,19,26). The van der Waals surface area contributed by atoms with Gasteiger partial charge in [-0.2, -0.15) is 15.0 Å². The van der Waals surface area contributed by atoms with Gasteiger partial charge in [0, 0.05) is 24.3 Å². The van der Waals surface area contributed by atoms with Crippen LogP contribution in [0.25, 0.3) is 0 Å². The number of aryl methyl sites for hydroxylation is 1. The number of anilines is 1. The summed E-state index contributed by atoms with van der Waals surface area (Å²) in [5.74, 6) is 0.641. The van der Waals surface area contributed by atoms with E-state index in [1.807, 2.05) is 0 Å². The molecule has 1 saturated heterocycles. The first-order valence-corrected chi connectivity index (χ1v) is 9.31. The molecule has 1 amide bonds. The minimum Gasteiger partial charge on any atom is -0.467 e. The highest BCUT2D eigenvalue weighted by Crippen LogP contribution is 2.17. The molecule has 150 valence electrons. The van der Waals surface area contributed by atoms with Gasteiger partial charge in [-0.15, -0.1) is 0 Å². The van der Waals surface area contributed by atoms with Crippen LogP contribution in [0.5, 0.6) is 6.01 Å². The van der Waals surface area contributed by atoms with Crippen LogP contribution in [-0.2, 0) is 17.9 Å². The lowest BCUT2D eigenvalue weighted by Crippen LogP contribution is -2.34. The van der Waals surface area contributed by atoms with Crippen LogP contribution in [0.1, 0.15) is 36.3 Å². The van der Waals surface area contributed by atoms with Crippen LogP contribution in [0.2, 0.25) is 0 Å². The molecule has 10 nitrogen and oxygen atoms in total. The summed E-state index contributed by atoms with van der Waals surface area (Å²) in [7, 11) is 1.50. The van der Waals surface area contributed by atoms with E-state index in [1.165, 1.54) is 24.4 Å². The second-order valence-electron chi connectivity index (χ2n) is 6.75. The lowest BCUT2D eigenvalue weighted by atomic mass is 10.1. The smallest absolute Gasteiger partial charge is 0.321 e. The Morgan fingerprint density at radius 1 is 1.18 bits per heavy atom. The number of amides is 1. The molecule has 1 fully saturated rings. The van der Waals surface area contributed by atoms with Crippen LogP contribution in [0.4, 0.5) is 5.95 Å². The van der Waals surface area contributed by atoms with Gasteiger partial charge < -0.3 is 15.0 Å². The molecule has 0 atom stereocenters. The molecule has 0 unspecified atom stereocenters. The van der Waals surface area contributed by atoms with Crippen molar-refractivity contribution in [2.24, 2.45) is 0 Å². The SMILES string of the molecule is COc1nc(CNC(=O)Cn2cnc(C)c(C)c2=O)nc(N2CCCCC2)n1. The zero-order valence-electron chi connectivity index (χ0n) is 16.4. The Balaban J connectivity index is 1.67. The maximum Gasteiger partial charge on any atom is 0.321 e. The molecule has 2 aromatic heterocycles. The quantitative estimate of drug-likeness (QED) is 0.755. The summed E-state index contributed by atoms with van der Waals surface area (Å²) in [6.07, 6.45) is 4.77. The molecular weight excluding hydrogens is 362 g/mol. The second kappa shape index (κ2) is 8.77. The van der Waals surface area contributed by atoms with E-state index in [0.717, 1.165) is 25.9 Å². The van der Waals surface area contributed by atoms with Crippen molar-refractivity contribution in [3.8, 4) is 6.01 Å². The van der Waals surface area contributed by atoms with Crippen LogP contribution in [0.15, 0.2) is 11.1 Å². The molecule has 3 heterocycles. The number of ether oxygens (including phenoxy) is 1. The summed E-state index contributed by atoms with van der Waals surface area (Å²) in [5.41, 5.74) is 0.963. The first kappa shape index (κ1) is 19.7. The molecule has 10 heteroatoms. The van der Waals surface area contributed by atoms with E-state index in [4.69, 9.17) is 4.74 Å². The van der Waals surface area contributed by atoms with Crippen LogP contribution in [0, 0.1) is 13.8 Å². The third kappa shape index (κ3) is 4.62. The topological polar surface area (TPSA) is 115 Å². The third-order valence-electron chi connectivity index (χ3n) is 4.74. The Morgan fingerprint density at radius 2 is 1.93 bits per heavy atom. The second-order valence-corrected chi connectivity index (χ2v) is 6.75. The van der Waals surface area contributed by atoms with Crippen molar-refractivity contribution in [3.05, 3.63) is 33.8 Å². The van der Waals surface area contributed by atoms with Gasteiger partial charge in [-0.05, 0) is 33.1 Å². The molecule has 0 spiro atoms. The van der Waals surface area contributed by atoms with Crippen LogP contribution < -0.4 is 20.5 Å². The van der Waals surface area contributed by atoms with Gasteiger partial charge in [-0.3, -0.25) is 14.2 Å². The number of rotatable bonds is 6. The van der Waals surface area contributed by atoms with E-state index < -0.39 is 0 Å². The van der Waals surface area contributed by atoms with E-state index in [0.29, 0.717) is 23.0 Å². The molecule has 0 radical (unpaired) electrons. The zero-order chi connectivity index (χ0) is 20.1. The predicted molar refractivity (Wildman–Crippen MR) is 102 cm³/mol. The van der Waals surface area contributed by atoms with Crippen molar-refractivity contribution in [2.75, 3.05) is 25.1 Å². The fourth-order valence-electron chi connectivity index (χ4n) is 2.97. The average Bonchev–Trinajstić information content (AvgIpc) is 2.73. The number of nitrogens with zero attached hydrogens (tertiary/aromatic N) is 6. The van der Waals surface area contributed by atoms with E-state index in [1.54, 1.807) is 13.8 Å². The molecule has 1 aliphatic heterocycles. The highest BCUT2D eigenvalue weighted by molar-refractivity contribution is 5.75. The number of hydrogen-bond acceptors (Lipinski definition) is 8. The van der Waals surface area contributed by atoms with Gasteiger partial charge in [-0.25, -0.2) is 4.98 Å². The van der Waals surface area contributed by atoms with Crippen LogP contribution in [0.3, 0.4) is 0 Å². The molecule has 2 aromatic rings. The van der Waals surface area contributed by atoms with Gasteiger partial charge in [-0.1, -0.05) is 0 Å². The van der Waals surface area contributed by atoms with Gasteiger partial charge in [0.05, 0.1) is 20.0 Å². The molecule has 0 saturated carbocycles. The number of carbonyl (C=O) groups is 1. The fraction of sp³-hybridized carbons (Fsp3) is 0.556. The normalized spacial score (nSPS) is 14.0.